The van der Waals surface area contributed by atoms with Crippen LogP contribution < -0.4 is 5.32 Å². The van der Waals surface area contributed by atoms with E-state index in [1.165, 1.54) is 27.7 Å². The lowest BCUT2D eigenvalue weighted by molar-refractivity contribution is -0.221. The standard InChI is InChI=1S/C27H44NO15P/c1-15(29)28-21-20(43-19(13-38-16(2)30)22(41-17(3)31)23(21)42-18(4)32)14-44(37,39-11-9-26(5,6)24(33)34)40-12-10-27(7,8)25(35)36/h19-23H,9-14H2,1-8H3,(H,28,29)(H,33,34)(H,35,36)/t19-,20-,21+,22-,23-/m1/s1. The third-order valence-electron chi connectivity index (χ3n) is 6.81. The van der Waals surface area contributed by atoms with Crippen molar-refractivity contribution < 1.29 is 71.5 Å². The van der Waals surface area contributed by atoms with E-state index in [9.17, 15) is 43.5 Å². The molecule has 0 saturated carbocycles. The average molecular weight is 654 g/mol. The maximum absolute atomic E-state index is 14.2. The van der Waals surface area contributed by atoms with Crippen LogP contribution in [-0.2, 0) is 61.3 Å². The second kappa shape index (κ2) is 16.3. The summed E-state index contributed by atoms with van der Waals surface area (Å²) >= 11 is 0. The third kappa shape index (κ3) is 12.5. The highest BCUT2D eigenvalue weighted by molar-refractivity contribution is 7.53. The van der Waals surface area contributed by atoms with Crippen LogP contribution in [0, 0.1) is 10.8 Å². The molecule has 0 aromatic carbocycles. The van der Waals surface area contributed by atoms with Crippen molar-refractivity contribution in [2.24, 2.45) is 10.8 Å². The summed E-state index contributed by atoms with van der Waals surface area (Å²) in [5.41, 5.74) is -2.52. The molecular formula is C27H44NO15P. The molecule has 0 aromatic heterocycles. The van der Waals surface area contributed by atoms with Gasteiger partial charge in [-0.25, -0.2) is 0 Å². The molecule has 0 unspecified atom stereocenters. The van der Waals surface area contributed by atoms with Gasteiger partial charge in [0.05, 0.1) is 42.4 Å². The van der Waals surface area contributed by atoms with Gasteiger partial charge in [-0.2, -0.15) is 0 Å². The molecule has 1 aliphatic heterocycles. The molecule has 1 heterocycles. The Kier molecular flexibility index (Phi) is 14.4. The number of esters is 3. The summed E-state index contributed by atoms with van der Waals surface area (Å²) in [5.74, 6) is -5.21. The molecular weight excluding hydrogens is 609 g/mol. The van der Waals surface area contributed by atoms with E-state index in [4.69, 9.17) is 28.0 Å². The van der Waals surface area contributed by atoms with Gasteiger partial charge in [-0.3, -0.25) is 33.3 Å². The van der Waals surface area contributed by atoms with E-state index in [1.807, 2.05) is 0 Å². The number of aliphatic carboxylic acids is 2. The lowest BCUT2D eigenvalue weighted by atomic mass is 9.90. The molecule has 44 heavy (non-hydrogen) atoms. The van der Waals surface area contributed by atoms with Crippen molar-refractivity contribution in [2.75, 3.05) is 26.0 Å². The topological polar surface area (TPSA) is 227 Å². The minimum Gasteiger partial charge on any atom is -0.481 e. The highest BCUT2D eigenvalue weighted by atomic mass is 31.2. The molecule has 1 saturated heterocycles. The van der Waals surface area contributed by atoms with Crippen molar-refractivity contribution in [3.05, 3.63) is 0 Å². The molecule has 1 amide bonds. The summed E-state index contributed by atoms with van der Waals surface area (Å²) in [6.07, 6.45) is -6.18. The van der Waals surface area contributed by atoms with E-state index in [0.29, 0.717) is 0 Å². The van der Waals surface area contributed by atoms with Crippen LogP contribution in [0.1, 0.15) is 68.2 Å². The molecule has 0 aliphatic carbocycles. The predicted molar refractivity (Wildman–Crippen MR) is 150 cm³/mol. The van der Waals surface area contributed by atoms with Crippen LogP contribution in [-0.4, -0.2) is 102 Å². The predicted octanol–water partition coefficient (Wildman–Crippen LogP) is 1.91. The number of carboxylic acids is 2. The maximum atomic E-state index is 14.2. The van der Waals surface area contributed by atoms with Gasteiger partial charge in [0.2, 0.25) is 5.91 Å². The zero-order chi connectivity index (χ0) is 34.0. The van der Waals surface area contributed by atoms with Gasteiger partial charge in [-0.05, 0) is 40.5 Å². The zero-order valence-electron chi connectivity index (χ0n) is 26.3. The summed E-state index contributed by atoms with van der Waals surface area (Å²) in [7, 11) is -4.29. The molecule has 3 N–H and O–H groups in total. The van der Waals surface area contributed by atoms with E-state index in [2.05, 4.69) is 5.32 Å². The van der Waals surface area contributed by atoms with Gasteiger partial charge >= 0.3 is 37.4 Å². The van der Waals surface area contributed by atoms with Crippen LogP contribution in [0.15, 0.2) is 0 Å². The lowest BCUT2D eigenvalue weighted by Crippen LogP contribution is -2.66. The van der Waals surface area contributed by atoms with Gasteiger partial charge in [0, 0.05) is 27.7 Å². The number of amides is 1. The van der Waals surface area contributed by atoms with Crippen LogP contribution in [0.4, 0.5) is 0 Å². The number of carbonyl (C=O) groups is 6. The van der Waals surface area contributed by atoms with Gasteiger partial charge in [0.15, 0.2) is 12.2 Å². The van der Waals surface area contributed by atoms with E-state index < -0.39 is 97.4 Å². The lowest BCUT2D eigenvalue weighted by Gasteiger charge is -2.45. The smallest absolute Gasteiger partial charge is 0.333 e. The largest absolute Gasteiger partial charge is 0.481 e. The first kappa shape index (κ1) is 39.0. The van der Waals surface area contributed by atoms with Crippen LogP contribution in [0.25, 0.3) is 0 Å². The average Bonchev–Trinajstić information content (AvgIpc) is 2.85. The number of carboxylic acid groups (broad SMARTS) is 2. The SMILES string of the molecule is CC(=O)N[C@@H]1[C@@H](OC(C)=O)[C@H](OC(C)=O)[C@@H](COC(C)=O)O[C@@H]1CP(=O)(OCCC(C)(C)C(=O)O)OCCC(C)(C)C(=O)O. The van der Waals surface area contributed by atoms with Gasteiger partial charge in [-0.15, -0.1) is 0 Å². The fraction of sp³-hybridized carbons (Fsp3) is 0.778. The second-order valence-electron chi connectivity index (χ2n) is 11.7. The molecule has 1 rings (SSSR count). The fourth-order valence-corrected chi connectivity index (χ4v) is 5.82. The first-order valence-corrected chi connectivity index (χ1v) is 15.6. The molecule has 252 valence electrons. The number of hydrogen-bond acceptors (Lipinski definition) is 13. The minimum atomic E-state index is -4.29. The Balaban J connectivity index is 3.54. The van der Waals surface area contributed by atoms with Crippen molar-refractivity contribution in [1.29, 1.82) is 0 Å². The van der Waals surface area contributed by atoms with Crippen molar-refractivity contribution in [1.82, 2.24) is 5.32 Å². The Labute approximate surface area is 255 Å². The number of ether oxygens (including phenoxy) is 4. The maximum Gasteiger partial charge on any atom is 0.333 e. The van der Waals surface area contributed by atoms with Crippen LogP contribution in [0.2, 0.25) is 0 Å². The third-order valence-corrected chi connectivity index (χ3v) is 8.77. The Bertz CT molecular complexity index is 1080. The number of hydrogen-bond donors (Lipinski definition) is 3. The highest BCUT2D eigenvalue weighted by Crippen LogP contribution is 2.51. The Morgan fingerprint density at radius 2 is 1.20 bits per heavy atom. The normalized spacial score (nSPS) is 22.4. The molecule has 17 heteroatoms. The minimum absolute atomic E-state index is 0.0867. The highest BCUT2D eigenvalue weighted by Gasteiger charge is 2.52. The number of carbonyl (C=O) groups excluding carboxylic acids is 4. The summed E-state index contributed by atoms with van der Waals surface area (Å²) < 4.78 is 47.4. The summed E-state index contributed by atoms with van der Waals surface area (Å²) in [6.45, 7) is 9.01. The van der Waals surface area contributed by atoms with Gasteiger partial charge in [0.25, 0.3) is 0 Å². The van der Waals surface area contributed by atoms with Crippen molar-refractivity contribution in [3.8, 4) is 0 Å². The van der Waals surface area contributed by atoms with Gasteiger partial charge in [-0.1, -0.05) is 0 Å². The first-order valence-electron chi connectivity index (χ1n) is 13.9. The number of rotatable bonds is 17. The molecule has 0 bridgehead atoms. The summed E-state index contributed by atoms with van der Waals surface area (Å²) in [6, 6.07) is -1.29. The first-order chi connectivity index (χ1) is 20.1. The molecule has 0 aromatic rings. The quantitative estimate of drug-likeness (QED) is 0.116. The van der Waals surface area contributed by atoms with Crippen LogP contribution in [0.3, 0.4) is 0 Å². The van der Waals surface area contributed by atoms with Crippen LogP contribution >= 0.6 is 7.60 Å². The van der Waals surface area contributed by atoms with Gasteiger partial charge < -0.3 is 43.5 Å². The molecule has 5 atom stereocenters. The molecule has 0 radical (unpaired) electrons. The monoisotopic (exact) mass is 653 g/mol. The Morgan fingerprint density at radius 3 is 1.59 bits per heavy atom. The second-order valence-corrected chi connectivity index (χ2v) is 13.8. The zero-order valence-corrected chi connectivity index (χ0v) is 27.2. The molecule has 1 fully saturated rings. The van der Waals surface area contributed by atoms with Gasteiger partial charge in [0.1, 0.15) is 12.7 Å². The van der Waals surface area contributed by atoms with E-state index in [0.717, 1.165) is 27.7 Å². The van der Waals surface area contributed by atoms with E-state index in [1.54, 1.807) is 0 Å². The molecule has 16 nitrogen and oxygen atoms in total. The van der Waals surface area contributed by atoms with Crippen molar-refractivity contribution in [2.45, 2.75) is 98.7 Å². The van der Waals surface area contributed by atoms with Crippen LogP contribution in [0.5, 0.6) is 0 Å². The number of nitrogens with one attached hydrogen (secondary N) is 1. The summed E-state index contributed by atoms with van der Waals surface area (Å²) in [5, 5.41) is 21.5. The Morgan fingerprint density at radius 1 is 0.750 bits per heavy atom. The van der Waals surface area contributed by atoms with E-state index >= 15 is 0 Å². The van der Waals surface area contributed by atoms with Crippen molar-refractivity contribution >= 4 is 43.3 Å². The van der Waals surface area contributed by atoms with E-state index in [-0.39, 0.29) is 26.1 Å². The Hall–Kier alpha value is -3.07. The fourth-order valence-electron chi connectivity index (χ4n) is 4.04. The summed E-state index contributed by atoms with van der Waals surface area (Å²) in [4.78, 5) is 71.1. The van der Waals surface area contributed by atoms with Crippen molar-refractivity contribution in [3.63, 3.8) is 0 Å². The molecule has 1 aliphatic rings. The molecule has 0 spiro atoms.